The van der Waals surface area contributed by atoms with E-state index in [1.54, 1.807) is 19.2 Å². The molecule has 0 saturated heterocycles. The van der Waals surface area contributed by atoms with Crippen molar-refractivity contribution in [3.05, 3.63) is 36.0 Å². The molecule has 3 heterocycles. The standard InChI is InChI=1S/C15H16F3N7/c1-7(19)4-10(20)12-8-2-3-21-6-11(8)23-14(24-12)9-5-22-25-13(9)15(16,17)18/h2-3,5-7,10H,4,19-20H2,1H3,(H,22,25). The van der Waals surface area contributed by atoms with Crippen LogP contribution in [0.25, 0.3) is 22.3 Å². The van der Waals surface area contributed by atoms with Gasteiger partial charge in [0.2, 0.25) is 0 Å². The zero-order chi connectivity index (χ0) is 18.2. The number of hydrogen-bond donors (Lipinski definition) is 3. The predicted molar refractivity (Wildman–Crippen MR) is 85.1 cm³/mol. The first-order valence-electron chi connectivity index (χ1n) is 7.51. The summed E-state index contributed by atoms with van der Waals surface area (Å²) in [6, 6.07) is 0.938. The fourth-order valence-corrected chi connectivity index (χ4v) is 2.59. The average molecular weight is 351 g/mol. The molecule has 10 heteroatoms. The zero-order valence-corrected chi connectivity index (χ0v) is 13.2. The molecule has 132 valence electrons. The fourth-order valence-electron chi connectivity index (χ4n) is 2.59. The van der Waals surface area contributed by atoms with E-state index < -0.39 is 17.9 Å². The van der Waals surface area contributed by atoms with Crippen LogP contribution in [0.3, 0.4) is 0 Å². The largest absolute Gasteiger partial charge is 0.433 e. The highest BCUT2D eigenvalue weighted by Crippen LogP contribution is 2.35. The molecule has 0 aliphatic carbocycles. The Balaban J connectivity index is 2.20. The SMILES string of the molecule is CC(N)CC(N)c1nc(-c2cn[nH]c2C(F)(F)F)nc2cnccc12. The van der Waals surface area contributed by atoms with E-state index in [-0.39, 0.29) is 17.4 Å². The molecule has 0 amide bonds. The molecular formula is C15H16F3N7. The number of halogens is 3. The van der Waals surface area contributed by atoms with E-state index in [1.165, 1.54) is 6.20 Å². The molecule has 0 aliphatic rings. The Kier molecular flexibility index (Phi) is 4.39. The highest BCUT2D eigenvalue weighted by atomic mass is 19.4. The minimum atomic E-state index is -4.60. The number of nitrogens with two attached hydrogens (primary N) is 2. The van der Waals surface area contributed by atoms with Crippen molar-refractivity contribution in [1.29, 1.82) is 0 Å². The number of rotatable bonds is 4. The van der Waals surface area contributed by atoms with Crippen molar-refractivity contribution in [2.75, 3.05) is 0 Å². The van der Waals surface area contributed by atoms with Crippen LogP contribution in [0.4, 0.5) is 13.2 Å². The molecular weight excluding hydrogens is 335 g/mol. The smallest absolute Gasteiger partial charge is 0.328 e. The summed E-state index contributed by atoms with van der Waals surface area (Å²) in [7, 11) is 0. The van der Waals surface area contributed by atoms with Gasteiger partial charge in [-0.05, 0) is 19.4 Å². The van der Waals surface area contributed by atoms with Crippen molar-refractivity contribution in [3.8, 4) is 11.4 Å². The summed E-state index contributed by atoms with van der Waals surface area (Å²) in [5.74, 6) is -0.114. The van der Waals surface area contributed by atoms with Crippen molar-refractivity contribution in [2.24, 2.45) is 11.5 Å². The van der Waals surface area contributed by atoms with Crippen molar-refractivity contribution >= 4 is 10.9 Å². The Morgan fingerprint density at radius 2 is 1.96 bits per heavy atom. The lowest BCUT2D eigenvalue weighted by Crippen LogP contribution is -2.24. The lowest BCUT2D eigenvalue weighted by molar-refractivity contribution is -0.140. The number of nitrogens with one attached hydrogen (secondary N) is 1. The third-order valence-corrected chi connectivity index (χ3v) is 3.67. The molecule has 0 spiro atoms. The van der Waals surface area contributed by atoms with Crippen LogP contribution >= 0.6 is 0 Å². The van der Waals surface area contributed by atoms with Crippen LogP contribution in [0.2, 0.25) is 0 Å². The predicted octanol–water partition coefficient (Wildman–Crippen LogP) is 2.17. The zero-order valence-electron chi connectivity index (χ0n) is 13.2. The number of hydrogen-bond acceptors (Lipinski definition) is 6. The second kappa shape index (κ2) is 6.37. The summed E-state index contributed by atoms with van der Waals surface area (Å²) in [6.45, 7) is 1.80. The number of aromatic nitrogens is 5. The number of fused-ring (bicyclic) bond motifs is 1. The van der Waals surface area contributed by atoms with Crippen molar-refractivity contribution in [3.63, 3.8) is 0 Å². The second-order valence-electron chi connectivity index (χ2n) is 5.80. The molecule has 0 radical (unpaired) electrons. The van der Waals surface area contributed by atoms with Gasteiger partial charge >= 0.3 is 6.18 Å². The Labute approximate surface area is 140 Å². The van der Waals surface area contributed by atoms with Gasteiger partial charge in [-0.1, -0.05) is 0 Å². The lowest BCUT2D eigenvalue weighted by Gasteiger charge is -2.16. The van der Waals surface area contributed by atoms with Crippen LogP contribution < -0.4 is 11.5 Å². The molecule has 5 N–H and O–H groups in total. The van der Waals surface area contributed by atoms with Gasteiger partial charge in [0, 0.05) is 23.7 Å². The van der Waals surface area contributed by atoms with Gasteiger partial charge in [0.05, 0.1) is 29.2 Å². The molecule has 2 unspecified atom stereocenters. The monoisotopic (exact) mass is 351 g/mol. The molecule has 0 fully saturated rings. The van der Waals surface area contributed by atoms with Crippen LogP contribution in [-0.2, 0) is 6.18 Å². The number of pyridine rings is 1. The first-order chi connectivity index (χ1) is 11.8. The van der Waals surface area contributed by atoms with Crippen LogP contribution in [0.1, 0.15) is 30.8 Å². The number of H-pyrrole nitrogens is 1. The van der Waals surface area contributed by atoms with Gasteiger partial charge in [0.25, 0.3) is 0 Å². The van der Waals surface area contributed by atoms with E-state index in [2.05, 4.69) is 20.1 Å². The molecule has 3 aromatic heterocycles. The fraction of sp³-hybridized carbons (Fsp3) is 0.333. The maximum Gasteiger partial charge on any atom is 0.433 e. The Bertz CT molecular complexity index is 888. The average Bonchev–Trinajstić information content (AvgIpc) is 3.03. The maximum atomic E-state index is 13.1. The number of alkyl halides is 3. The molecule has 3 rings (SSSR count). The maximum absolute atomic E-state index is 13.1. The molecule has 0 saturated carbocycles. The van der Waals surface area contributed by atoms with Gasteiger partial charge in [0.15, 0.2) is 11.5 Å². The second-order valence-corrected chi connectivity index (χ2v) is 5.80. The van der Waals surface area contributed by atoms with E-state index in [4.69, 9.17) is 11.5 Å². The van der Waals surface area contributed by atoms with Crippen molar-refractivity contribution in [2.45, 2.75) is 31.6 Å². The highest BCUT2D eigenvalue weighted by molar-refractivity contribution is 5.82. The third kappa shape index (κ3) is 3.44. The molecule has 2 atom stereocenters. The van der Waals surface area contributed by atoms with Gasteiger partial charge in [-0.15, -0.1) is 0 Å². The van der Waals surface area contributed by atoms with Gasteiger partial charge in [0.1, 0.15) is 0 Å². The first kappa shape index (κ1) is 17.2. The van der Waals surface area contributed by atoms with Crippen LogP contribution in [0, 0.1) is 0 Å². The summed E-state index contributed by atoms with van der Waals surface area (Å²) in [5, 5.41) is 6.06. The van der Waals surface area contributed by atoms with E-state index in [0.29, 0.717) is 23.0 Å². The molecule has 3 aromatic rings. The highest BCUT2D eigenvalue weighted by Gasteiger charge is 2.37. The van der Waals surface area contributed by atoms with Crippen LogP contribution in [0.15, 0.2) is 24.7 Å². The minimum Gasteiger partial charge on any atom is -0.328 e. The molecule has 0 bridgehead atoms. The van der Waals surface area contributed by atoms with Crippen LogP contribution in [0.5, 0.6) is 0 Å². The summed E-state index contributed by atoms with van der Waals surface area (Å²) < 4.78 is 39.4. The quantitative estimate of drug-likeness (QED) is 0.663. The Morgan fingerprint density at radius 1 is 1.20 bits per heavy atom. The molecule has 0 aromatic carbocycles. The normalized spacial score (nSPS) is 14.6. The number of aromatic amines is 1. The first-order valence-corrected chi connectivity index (χ1v) is 7.51. The summed E-state index contributed by atoms with van der Waals surface area (Å²) in [5.41, 5.74) is 11.5. The molecule has 25 heavy (non-hydrogen) atoms. The summed E-state index contributed by atoms with van der Waals surface area (Å²) in [6.07, 6.45) is -0.137. The molecule has 0 aliphatic heterocycles. The van der Waals surface area contributed by atoms with Gasteiger partial charge in [-0.2, -0.15) is 18.3 Å². The van der Waals surface area contributed by atoms with E-state index >= 15 is 0 Å². The van der Waals surface area contributed by atoms with Gasteiger partial charge in [-0.3, -0.25) is 10.1 Å². The Hall–Kier alpha value is -2.59. The van der Waals surface area contributed by atoms with Crippen molar-refractivity contribution < 1.29 is 13.2 Å². The lowest BCUT2D eigenvalue weighted by atomic mass is 10.0. The van der Waals surface area contributed by atoms with Crippen molar-refractivity contribution in [1.82, 2.24) is 25.1 Å². The van der Waals surface area contributed by atoms with Gasteiger partial charge < -0.3 is 11.5 Å². The number of nitrogens with zero attached hydrogens (tertiary/aromatic N) is 4. The third-order valence-electron chi connectivity index (χ3n) is 3.67. The van der Waals surface area contributed by atoms with E-state index in [1.807, 2.05) is 5.10 Å². The topological polar surface area (TPSA) is 119 Å². The van der Waals surface area contributed by atoms with Crippen LogP contribution in [-0.4, -0.2) is 31.2 Å². The van der Waals surface area contributed by atoms with Gasteiger partial charge in [-0.25, -0.2) is 9.97 Å². The summed E-state index contributed by atoms with van der Waals surface area (Å²) in [4.78, 5) is 12.5. The van der Waals surface area contributed by atoms with E-state index in [0.717, 1.165) is 6.20 Å². The summed E-state index contributed by atoms with van der Waals surface area (Å²) >= 11 is 0. The van der Waals surface area contributed by atoms with E-state index in [9.17, 15) is 13.2 Å². The molecule has 7 nitrogen and oxygen atoms in total. The Morgan fingerprint density at radius 3 is 2.64 bits per heavy atom. The minimum absolute atomic E-state index is 0.114.